The van der Waals surface area contributed by atoms with E-state index in [-0.39, 0.29) is 11.9 Å². The summed E-state index contributed by atoms with van der Waals surface area (Å²) in [5.74, 6) is 0.836. The maximum atomic E-state index is 11.3. The van der Waals surface area contributed by atoms with Crippen molar-refractivity contribution in [2.75, 3.05) is 31.6 Å². The maximum absolute atomic E-state index is 11.3. The van der Waals surface area contributed by atoms with E-state index < -0.39 is 6.09 Å². The van der Waals surface area contributed by atoms with E-state index in [1.54, 1.807) is 0 Å². The molecule has 3 rings (SSSR count). The van der Waals surface area contributed by atoms with Crippen LogP contribution in [-0.4, -0.2) is 54.3 Å². The van der Waals surface area contributed by atoms with Gasteiger partial charge in [-0.15, -0.1) is 0 Å². The van der Waals surface area contributed by atoms with Gasteiger partial charge < -0.3 is 25.4 Å². The minimum Gasteiger partial charge on any atom is -0.494 e. The van der Waals surface area contributed by atoms with Gasteiger partial charge in [-0.25, -0.2) is 4.79 Å². The molecule has 2 aliphatic heterocycles. The Morgan fingerprint density at radius 3 is 3.09 bits per heavy atom. The largest absolute Gasteiger partial charge is 0.494 e. The zero-order chi connectivity index (χ0) is 16.2. The van der Waals surface area contributed by atoms with Crippen molar-refractivity contribution < 1.29 is 19.4 Å². The van der Waals surface area contributed by atoms with Gasteiger partial charge in [0.15, 0.2) is 0 Å². The van der Waals surface area contributed by atoms with Crippen molar-refractivity contribution >= 4 is 17.7 Å². The van der Waals surface area contributed by atoms with Crippen LogP contribution >= 0.6 is 0 Å². The topological polar surface area (TPSA) is 90.9 Å². The van der Waals surface area contributed by atoms with Crippen molar-refractivity contribution in [2.45, 2.75) is 25.3 Å². The monoisotopic (exact) mass is 319 g/mol. The van der Waals surface area contributed by atoms with E-state index in [9.17, 15) is 9.59 Å². The van der Waals surface area contributed by atoms with Crippen LogP contribution in [0, 0.1) is 0 Å². The number of anilines is 1. The number of fused-ring (bicyclic) bond motifs is 1. The first-order chi connectivity index (χ1) is 11.1. The number of nitrogens with zero attached hydrogens (tertiary/aromatic N) is 1. The molecule has 2 aliphatic rings. The molecule has 1 atom stereocenters. The van der Waals surface area contributed by atoms with Gasteiger partial charge in [0, 0.05) is 37.8 Å². The Hall–Kier alpha value is -2.28. The van der Waals surface area contributed by atoms with Gasteiger partial charge >= 0.3 is 6.09 Å². The molecule has 0 aromatic heterocycles. The number of piperazine rings is 1. The third-order valence-corrected chi connectivity index (χ3v) is 4.23. The number of benzene rings is 1. The summed E-state index contributed by atoms with van der Waals surface area (Å²) in [6.07, 6.45) is 1.12. The van der Waals surface area contributed by atoms with E-state index in [1.807, 2.05) is 18.2 Å². The quantitative estimate of drug-likeness (QED) is 0.778. The molecule has 2 amide bonds. The lowest BCUT2D eigenvalue weighted by molar-refractivity contribution is -0.116. The first-order valence-corrected chi connectivity index (χ1v) is 7.88. The second-order valence-corrected chi connectivity index (χ2v) is 5.88. The summed E-state index contributed by atoms with van der Waals surface area (Å²) >= 11 is 0. The van der Waals surface area contributed by atoms with E-state index in [0.29, 0.717) is 32.7 Å². The van der Waals surface area contributed by atoms with Gasteiger partial charge in [-0.3, -0.25) is 4.79 Å². The van der Waals surface area contributed by atoms with E-state index in [1.165, 1.54) is 4.90 Å². The first-order valence-electron chi connectivity index (χ1n) is 7.88. The molecule has 3 N–H and O–H groups in total. The highest BCUT2D eigenvalue weighted by Crippen LogP contribution is 2.26. The SMILES string of the molecule is O=C1CCc2cc(OCC[C@@H]3CN(C(=O)O)CCN3)ccc2N1. The van der Waals surface area contributed by atoms with Crippen LogP contribution in [0.15, 0.2) is 18.2 Å². The van der Waals surface area contributed by atoms with Crippen molar-refractivity contribution in [1.29, 1.82) is 0 Å². The number of rotatable bonds is 4. The van der Waals surface area contributed by atoms with E-state index in [4.69, 9.17) is 9.84 Å². The molecule has 0 bridgehead atoms. The molecule has 2 heterocycles. The summed E-state index contributed by atoms with van der Waals surface area (Å²) in [7, 11) is 0. The molecule has 0 radical (unpaired) electrons. The van der Waals surface area contributed by atoms with Gasteiger partial charge in [-0.2, -0.15) is 0 Å². The zero-order valence-corrected chi connectivity index (χ0v) is 12.9. The number of amides is 2. The fraction of sp³-hybridized carbons (Fsp3) is 0.500. The van der Waals surface area contributed by atoms with Crippen molar-refractivity contribution in [3.8, 4) is 5.75 Å². The molecule has 7 heteroatoms. The third kappa shape index (κ3) is 3.92. The fourth-order valence-corrected chi connectivity index (χ4v) is 2.96. The Bertz CT molecular complexity index is 605. The molecular formula is C16H21N3O4. The van der Waals surface area contributed by atoms with Crippen molar-refractivity contribution in [3.63, 3.8) is 0 Å². The Morgan fingerprint density at radius 1 is 1.39 bits per heavy atom. The van der Waals surface area contributed by atoms with Crippen LogP contribution in [0.3, 0.4) is 0 Å². The summed E-state index contributed by atoms with van der Waals surface area (Å²) in [4.78, 5) is 23.8. The molecular weight excluding hydrogens is 298 g/mol. The van der Waals surface area contributed by atoms with E-state index >= 15 is 0 Å². The molecule has 124 valence electrons. The molecule has 0 saturated carbocycles. The molecule has 7 nitrogen and oxygen atoms in total. The van der Waals surface area contributed by atoms with Crippen LogP contribution in [0.1, 0.15) is 18.4 Å². The zero-order valence-electron chi connectivity index (χ0n) is 12.9. The number of hydrogen-bond acceptors (Lipinski definition) is 4. The second kappa shape index (κ2) is 6.87. The standard InChI is InChI=1S/C16H21N3O4/c20-15-4-1-11-9-13(2-3-14(11)18-15)23-8-5-12-10-19(16(21)22)7-6-17-12/h2-3,9,12,17H,1,4-8,10H2,(H,18,20)(H,21,22)/t12-/m1/s1. The molecule has 1 fully saturated rings. The lowest BCUT2D eigenvalue weighted by atomic mass is 10.0. The molecule has 23 heavy (non-hydrogen) atoms. The minimum absolute atomic E-state index is 0.0533. The Kier molecular flexibility index (Phi) is 4.66. The summed E-state index contributed by atoms with van der Waals surface area (Å²) < 4.78 is 5.78. The molecule has 1 aromatic carbocycles. The number of carbonyl (C=O) groups excluding carboxylic acids is 1. The van der Waals surface area contributed by atoms with Crippen LogP contribution in [0.2, 0.25) is 0 Å². The average Bonchev–Trinajstić information content (AvgIpc) is 2.55. The predicted molar refractivity (Wildman–Crippen MR) is 84.9 cm³/mol. The number of carbonyl (C=O) groups is 2. The molecule has 0 unspecified atom stereocenters. The third-order valence-electron chi connectivity index (χ3n) is 4.23. The summed E-state index contributed by atoms with van der Waals surface area (Å²) in [5, 5.41) is 15.2. The van der Waals surface area contributed by atoms with Gasteiger partial charge in [0.25, 0.3) is 0 Å². The van der Waals surface area contributed by atoms with E-state index in [2.05, 4.69) is 10.6 Å². The van der Waals surface area contributed by atoms with Crippen LogP contribution in [-0.2, 0) is 11.2 Å². The smallest absolute Gasteiger partial charge is 0.407 e. The van der Waals surface area contributed by atoms with Gasteiger partial charge in [0.1, 0.15) is 5.75 Å². The first kappa shape index (κ1) is 15.6. The summed E-state index contributed by atoms with van der Waals surface area (Å²) in [6, 6.07) is 5.80. The Morgan fingerprint density at radius 2 is 2.26 bits per heavy atom. The lowest BCUT2D eigenvalue weighted by Gasteiger charge is -2.31. The number of nitrogens with one attached hydrogen (secondary N) is 2. The highest BCUT2D eigenvalue weighted by molar-refractivity contribution is 5.93. The van der Waals surface area contributed by atoms with Gasteiger partial charge in [0.05, 0.1) is 6.61 Å². The average molecular weight is 319 g/mol. The maximum Gasteiger partial charge on any atom is 0.407 e. The fourth-order valence-electron chi connectivity index (χ4n) is 2.96. The molecule has 0 spiro atoms. The van der Waals surface area contributed by atoms with Crippen LogP contribution in [0.4, 0.5) is 10.5 Å². The predicted octanol–water partition coefficient (Wildman–Crippen LogP) is 1.29. The normalized spacial score (nSPS) is 20.6. The van der Waals surface area contributed by atoms with Crippen LogP contribution in [0.25, 0.3) is 0 Å². The van der Waals surface area contributed by atoms with Crippen LogP contribution < -0.4 is 15.4 Å². The van der Waals surface area contributed by atoms with Gasteiger partial charge in [-0.05, 0) is 36.6 Å². The number of ether oxygens (including phenoxy) is 1. The van der Waals surface area contributed by atoms with Crippen LogP contribution in [0.5, 0.6) is 5.75 Å². The highest BCUT2D eigenvalue weighted by Gasteiger charge is 2.22. The minimum atomic E-state index is -0.867. The number of hydrogen-bond donors (Lipinski definition) is 3. The van der Waals surface area contributed by atoms with Crippen molar-refractivity contribution in [1.82, 2.24) is 10.2 Å². The second-order valence-electron chi connectivity index (χ2n) is 5.88. The Balaban J connectivity index is 1.49. The molecule has 0 aliphatic carbocycles. The lowest BCUT2D eigenvalue weighted by Crippen LogP contribution is -2.52. The molecule has 1 aromatic rings. The van der Waals surface area contributed by atoms with Gasteiger partial charge in [0.2, 0.25) is 5.91 Å². The Labute approximate surface area is 134 Å². The highest BCUT2D eigenvalue weighted by atomic mass is 16.5. The summed E-state index contributed by atoms with van der Waals surface area (Å²) in [6.45, 7) is 2.23. The molecule has 1 saturated heterocycles. The summed E-state index contributed by atoms with van der Waals surface area (Å²) in [5.41, 5.74) is 1.95. The number of carboxylic acid groups (broad SMARTS) is 1. The van der Waals surface area contributed by atoms with Crippen molar-refractivity contribution in [3.05, 3.63) is 23.8 Å². The van der Waals surface area contributed by atoms with Crippen molar-refractivity contribution in [2.24, 2.45) is 0 Å². The van der Waals surface area contributed by atoms with Gasteiger partial charge in [-0.1, -0.05) is 0 Å². The van der Waals surface area contributed by atoms with E-state index in [0.717, 1.165) is 29.8 Å². The number of aryl methyl sites for hydroxylation is 1.